The van der Waals surface area contributed by atoms with Crippen LogP contribution < -0.4 is 5.32 Å². The number of pyridine rings is 1. The smallest absolute Gasteiger partial charge is 0.269 e. The number of aryl methyl sites for hydroxylation is 2. The van der Waals surface area contributed by atoms with Gasteiger partial charge in [0.1, 0.15) is 5.69 Å². The molecule has 0 aliphatic rings. The van der Waals surface area contributed by atoms with E-state index >= 15 is 0 Å². The second-order valence-electron chi connectivity index (χ2n) is 6.54. The van der Waals surface area contributed by atoms with E-state index < -0.39 is 0 Å². The molecule has 1 N–H and O–H groups in total. The van der Waals surface area contributed by atoms with Crippen LogP contribution in [-0.4, -0.2) is 30.5 Å². The molecule has 4 rings (SSSR count). The summed E-state index contributed by atoms with van der Waals surface area (Å²) in [5.41, 5.74) is 5.00. The standard InChI is InChI=1S/C21H20N6O/c1-26-14-17(13-24-26)18-9-8-15(11-22-18)12-23-21(28)20-10-19(25-27(20)2)16-6-4-3-5-7-16/h3-11,13-14H,12H2,1-2H3,(H,23,28). The molecule has 0 atom stereocenters. The number of amides is 1. The summed E-state index contributed by atoms with van der Waals surface area (Å²) in [7, 11) is 3.64. The molecular weight excluding hydrogens is 352 g/mol. The third kappa shape index (κ3) is 3.68. The van der Waals surface area contributed by atoms with E-state index in [9.17, 15) is 4.79 Å². The Kier molecular flexibility index (Phi) is 4.72. The molecule has 7 heteroatoms. The molecule has 0 fully saturated rings. The summed E-state index contributed by atoms with van der Waals surface area (Å²) in [6, 6.07) is 15.5. The molecule has 0 aliphatic heterocycles. The predicted molar refractivity (Wildman–Crippen MR) is 106 cm³/mol. The molecule has 4 aromatic rings. The predicted octanol–water partition coefficient (Wildman–Crippen LogP) is 2.81. The Morgan fingerprint density at radius 2 is 1.82 bits per heavy atom. The highest BCUT2D eigenvalue weighted by molar-refractivity contribution is 5.93. The molecule has 0 radical (unpaired) electrons. The molecule has 0 saturated heterocycles. The van der Waals surface area contributed by atoms with Crippen LogP contribution in [0.2, 0.25) is 0 Å². The van der Waals surface area contributed by atoms with Crippen LogP contribution in [0.1, 0.15) is 16.1 Å². The lowest BCUT2D eigenvalue weighted by molar-refractivity contribution is 0.0941. The normalized spacial score (nSPS) is 10.8. The van der Waals surface area contributed by atoms with Crippen LogP contribution in [0, 0.1) is 0 Å². The highest BCUT2D eigenvalue weighted by Gasteiger charge is 2.14. The number of nitrogens with zero attached hydrogens (tertiary/aromatic N) is 5. The monoisotopic (exact) mass is 372 g/mol. The highest BCUT2D eigenvalue weighted by Crippen LogP contribution is 2.18. The van der Waals surface area contributed by atoms with Crippen LogP contribution >= 0.6 is 0 Å². The second kappa shape index (κ2) is 7.48. The molecule has 0 spiro atoms. The first-order valence-corrected chi connectivity index (χ1v) is 8.92. The molecule has 1 amide bonds. The summed E-state index contributed by atoms with van der Waals surface area (Å²) in [6.07, 6.45) is 5.45. The molecule has 0 aliphatic carbocycles. The zero-order valence-corrected chi connectivity index (χ0v) is 15.7. The van der Waals surface area contributed by atoms with Crippen LogP contribution in [-0.2, 0) is 20.6 Å². The van der Waals surface area contributed by atoms with Gasteiger partial charge in [-0.2, -0.15) is 10.2 Å². The number of aromatic nitrogens is 5. The van der Waals surface area contributed by atoms with Gasteiger partial charge in [0.05, 0.1) is 17.6 Å². The number of rotatable bonds is 5. The minimum atomic E-state index is -0.173. The summed E-state index contributed by atoms with van der Waals surface area (Å²) in [4.78, 5) is 17.0. The summed E-state index contributed by atoms with van der Waals surface area (Å²) < 4.78 is 3.34. The number of carbonyl (C=O) groups is 1. The van der Waals surface area contributed by atoms with Crippen LogP contribution in [0.15, 0.2) is 67.1 Å². The van der Waals surface area contributed by atoms with Crippen molar-refractivity contribution < 1.29 is 4.79 Å². The van der Waals surface area contributed by atoms with E-state index in [0.717, 1.165) is 28.1 Å². The summed E-state index contributed by atoms with van der Waals surface area (Å²) >= 11 is 0. The SMILES string of the molecule is Cn1cc(-c2ccc(CNC(=O)c3cc(-c4ccccc4)nn3C)cn2)cn1. The van der Waals surface area contributed by atoms with Crippen molar-refractivity contribution in [3.8, 4) is 22.5 Å². The first kappa shape index (κ1) is 17.7. The fourth-order valence-electron chi connectivity index (χ4n) is 2.96. The topological polar surface area (TPSA) is 77.6 Å². The molecule has 7 nitrogen and oxygen atoms in total. The van der Waals surface area contributed by atoms with E-state index in [4.69, 9.17) is 0 Å². The van der Waals surface area contributed by atoms with Crippen LogP contribution in [0.5, 0.6) is 0 Å². The van der Waals surface area contributed by atoms with Gasteiger partial charge in [-0.25, -0.2) is 0 Å². The summed E-state index contributed by atoms with van der Waals surface area (Å²) in [5, 5.41) is 11.5. The van der Waals surface area contributed by atoms with Gasteiger partial charge in [-0.15, -0.1) is 0 Å². The van der Waals surface area contributed by atoms with Gasteiger partial charge in [-0.05, 0) is 17.7 Å². The number of benzene rings is 1. The molecule has 28 heavy (non-hydrogen) atoms. The van der Waals surface area contributed by atoms with Gasteiger partial charge in [0.15, 0.2) is 0 Å². The molecule has 0 unspecified atom stereocenters. The first-order chi connectivity index (χ1) is 13.6. The first-order valence-electron chi connectivity index (χ1n) is 8.92. The maximum atomic E-state index is 12.6. The maximum absolute atomic E-state index is 12.6. The van der Waals surface area contributed by atoms with Gasteiger partial charge >= 0.3 is 0 Å². The molecular formula is C21H20N6O. The van der Waals surface area contributed by atoms with Crippen molar-refractivity contribution in [2.24, 2.45) is 14.1 Å². The molecule has 140 valence electrons. The van der Waals surface area contributed by atoms with E-state index in [1.165, 1.54) is 0 Å². The summed E-state index contributed by atoms with van der Waals surface area (Å²) in [6.45, 7) is 0.394. The second-order valence-corrected chi connectivity index (χ2v) is 6.54. The Balaban J connectivity index is 1.42. The Morgan fingerprint density at radius 1 is 1.00 bits per heavy atom. The highest BCUT2D eigenvalue weighted by atomic mass is 16.2. The third-order valence-electron chi connectivity index (χ3n) is 4.46. The van der Waals surface area contributed by atoms with Crippen molar-refractivity contribution in [3.63, 3.8) is 0 Å². The minimum Gasteiger partial charge on any atom is -0.347 e. The van der Waals surface area contributed by atoms with Gasteiger partial charge in [0.25, 0.3) is 5.91 Å². The Hall–Kier alpha value is -3.74. The Bertz CT molecular complexity index is 1100. The van der Waals surface area contributed by atoms with E-state index in [1.54, 1.807) is 34.9 Å². The largest absolute Gasteiger partial charge is 0.347 e. The average Bonchev–Trinajstić information content (AvgIpc) is 3.33. The fourth-order valence-corrected chi connectivity index (χ4v) is 2.96. The van der Waals surface area contributed by atoms with Crippen LogP contribution in [0.4, 0.5) is 0 Å². The van der Waals surface area contributed by atoms with E-state index in [-0.39, 0.29) is 5.91 Å². The van der Waals surface area contributed by atoms with Crippen molar-refractivity contribution in [2.45, 2.75) is 6.54 Å². The van der Waals surface area contributed by atoms with Crippen LogP contribution in [0.25, 0.3) is 22.5 Å². The molecule has 0 saturated carbocycles. The number of hydrogen-bond acceptors (Lipinski definition) is 4. The van der Waals surface area contributed by atoms with Gasteiger partial charge in [-0.1, -0.05) is 36.4 Å². The maximum Gasteiger partial charge on any atom is 0.269 e. The third-order valence-corrected chi connectivity index (χ3v) is 4.46. The van der Waals surface area contributed by atoms with Crippen molar-refractivity contribution in [2.75, 3.05) is 0 Å². The van der Waals surface area contributed by atoms with E-state index in [0.29, 0.717) is 12.2 Å². The zero-order chi connectivity index (χ0) is 19.5. The summed E-state index contributed by atoms with van der Waals surface area (Å²) in [5.74, 6) is -0.173. The lowest BCUT2D eigenvalue weighted by Gasteiger charge is -2.06. The zero-order valence-electron chi connectivity index (χ0n) is 15.7. The van der Waals surface area contributed by atoms with Crippen molar-refractivity contribution in [1.82, 2.24) is 29.9 Å². The minimum absolute atomic E-state index is 0.173. The average molecular weight is 372 g/mol. The van der Waals surface area contributed by atoms with E-state index in [2.05, 4.69) is 20.5 Å². The van der Waals surface area contributed by atoms with Crippen molar-refractivity contribution in [1.29, 1.82) is 0 Å². The Morgan fingerprint density at radius 3 is 2.50 bits per heavy atom. The quantitative estimate of drug-likeness (QED) is 0.584. The van der Waals surface area contributed by atoms with Gasteiger partial charge in [-0.3, -0.25) is 19.1 Å². The van der Waals surface area contributed by atoms with Gasteiger partial charge in [0, 0.05) is 44.2 Å². The van der Waals surface area contributed by atoms with E-state index in [1.807, 2.05) is 55.7 Å². The molecule has 0 bridgehead atoms. The van der Waals surface area contributed by atoms with Crippen LogP contribution in [0.3, 0.4) is 0 Å². The Labute approximate surface area is 162 Å². The van der Waals surface area contributed by atoms with Gasteiger partial charge < -0.3 is 5.32 Å². The molecule has 3 heterocycles. The fraction of sp³-hybridized carbons (Fsp3) is 0.143. The van der Waals surface area contributed by atoms with Crippen molar-refractivity contribution >= 4 is 5.91 Å². The number of hydrogen-bond donors (Lipinski definition) is 1. The molecule has 3 aromatic heterocycles. The lowest BCUT2D eigenvalue weighted by atomic mass is 10.1. The molecule has 1 aromatic carbocycles. The number of carbonyl (C=O) groups excluding carboxylic acids is 1. The lowest BCUT2D eigenvalue weighted by Crippen LogP contribution is -2.25. The van der Waals surface area contributed by atoms with Gasteiger partial charge in [0.2, 0.25) is 0 Å². The number of nitrogens with one attached hydrogen (secondary N) is 1. The van der Waals surface area contributed by atoms with Crippen molar-refractivity contribution in [3.05, 3.63) is 78.4 Å².